The maximum atomic E-state index is 11.7. The Balaban J connectivity index is 4.02. The molecule has 0 rings (SSSR count). The van der Waals surface area contributed by atoms with Gasteiger partial charge >= 0.3 is 11.9 Å². The first-order chi connectivity index (χ1) is 8.54. The molecule has 0 aromatic heterocycles. The van der Waals surface area contributed by atoms with Crippen LogP contribution in [0.1, 0.15) is 53.4 Å². The molecule has 0 unspecified atom stereocenters. The standard InChI is InChI=1S/C14H26O4/c1-5-7-9-17-13(15)11(3)12(4)14(16)18-10-8-6-2/h11-12H,5-10H2,1-4H3/t11-,12-/m1/s1. The summed E-state index contributed by atoms with van der Waals surface area (Å²) in [5.41, 5.74) is 0. The van der Waals surface area contributed by atoms with Gasteiger partial charge in [0.15, 0.2) is 0 Å². The summed E-state index contributed by atoms with van der Waals surface area (Å²) in [5.74, 6) is -1.53. The van der Waals surface area contributed by atoms with E-state index in [1.165, 1.54) is 0 Å². The van der Waals surface area contributed by atoms with Crippen LogP contribution >= 0.6 is 0 Å². The van der Waals surface area contributed by atoms with Gasteiger partial charge in [0.05, 0.1) is 25.0 Å². The molecule has 0 fully saturated rings. The Hall–Kier alpha value is -1.06. The highest BCUT2D eigenvalue weighted by Gasteiger charge is 2.28. The Kier molecular flexibility index (Phi) is 9.33. The summed E-state index contributed by atoms with van der Waals surface area (Å²) in [6, 6.07) is 0. The summed E-state index contributed by atoms with van der Waals surface area (Å²) in [6.07, 6.45) is 3.67. The third-order valence-electron chi connectivity index (χ3n) is 2.98. The Morgan fingerprint density at radius 2 is 1.17 bits per heavy atom. The normalized spacial score (nSPS) is 13.8. The van der Waals surface area contributed by atoms with E-state index in [1.807, 2.05) is 13.8 Å². The smallest absolute Gasteiger partial charge is 0.309 e. The SMILES string of the molecule is CCCCOC(=O)[C@H](C)[C@@H](C)C(=O)OCCCC. The number of esters is 2. The Morgan fingerprint density at radius 1 is 0.833 bits per heavy atom. The zero-order valence-electron chi connectivity index (χ0n) is 12.0. The first kappa shape index (κ1) is 16.9. The summed E-state index contributed by atoms with van der Waals surface area (Å²) >= 11 is 0. The molecule has 0 saturated carbocycles. The summed E-state index contributed by atoms with van der Waals surface area (Å²) in [5, 5.41) is 0. The van der Waals surface area contributed by atoms with Crippen molar-refractivity contribution in [2.45, 2.75) is 53.4 Å². The Morgan fingerprint density at radius 3 is 1.44 bits per heavy atom. The number of carbonyl (C=O) groups is 2. The van der Waals surface area contributed by atoms with Gasteiger partial charge in [0.2, 0.25) is 0 Å². The molecule has 0 amide bonds. The van der Waals surface area contributed by atoms with Crippen molar-refractivity contribution in [3.63, 3.8) is 0 Å². The van der Waals surface area contributed by atoms with Crippen LogP contribution in [0.25, 0.3) is 0 Å². The Labute approximate surface area is 110 Å². The van der Waals surface area contributed by atoms with Gasteiger partial charge in [-0.1, -0.05) is 40.5 Å². The average Bonchev–Trinajstić information content (AvgIpc) is 2.37. The first-order valence-electron chi connectivity index (χ1n) is 6.87. The topological polar surface area (TPSA) is 52.6 Å². The molecule has 0 saturated heterocycles. The number of hydrogen-bond acceptors (Lipinski definition) is 4. The highest BCUT2D eigenvalue weighted by molar-refractivity contribution is 5.81. The second kappa shape index (κ2) is 9.92. The molecule has 0 heterocycles. The molecule has 0 aliphatic rings. The van der Waals surface area contributed by atoms with Gasteiger partial charge in [0, 0.05) is 0 Å². The molecular weight excluding hydrogens is 232 g/mol. The molecule has 4 heteroatoms. The highest BCUT2D eigenvalue weighted by atomic mass is 16.5. The zero-order chi connectivity index (χ0) is 14.0. The lowest BCUT2D eigenvalue weighted by molar-refractivity contribution is -0.159. The van der Waals surface area contributed by atoms with E-state index in [1.54, 1.807) is 13.8 Å². The van der Waals surface area contributed by atoms with Crippen LogP contribution in [0.5, 0.6) is 0 Å². The van der Waals surface area contributed by atoms with Crippen LogP contribution in [-0.2, 0) is 19.1 Å². The lowest BCUT2D eigenvalue weighted by Gasteiger charge is -2.17. The minimum absolute atomic E-state index is 0.316. The van der Waals surface area contributed by atoms with Crippen LogP contribution in [0.15, 0.2) is 0 Å². The van der Waals surface area contributed by atoms with E-state index in [4.69, 9.17) is 9.47 Å². The number of carbonyl (C=O) groups excluding carboxylic acids is 2. The van der Waals surface area contributed by atoms with E-state index in [9.17, 15) is 9.59 Å². The van der Waals surface area contributed by atoms with Crippen LogP contribution in [0.2, 0.25) is 0 Å². The van der Waals surface area contributed by atoms with Gasteiger partial charge in [0.1, 0.15) is 0 Å². The second-order valence-corrected chi connectivity index (χ2v) is 4.62. The summed E-state index contributed by atoms with van der Waals surface area (Å²) < 4.78 is 10.2. The van der Waals surface area contributed by atoms with Crippen molar-refractivity contribution in [2.75, 3.05) is 13.2 Å². The van der Waals surface area contributed by atoms with E-state index in [0.29, 0.717) is 13.2 Å². The van der Waals surface area contributed by atoms with Gasteiger partial charge in [-0.05, 0) is 12.8 Å². The van der Waals surface area contributed by atoms with Crippen LogP contribution in [0.3, 0.4) is 0 Å². The van der Waals surface area contributed by atoms with E-state index in [2.05, 4.69) is 0 Å². The van der Waals surface area contributed by atoms with Crippen LogP contribution in [-0.4, -0.2) is 25.2 Å². The van der Waals surface area contributed by atoms with E-state index in [0.717, 1.165) is 25.7 Å². The number of ether oxygens (including phenoxy) is 2. The van der Waals surface area contributed by atoms with Crippen LogP contribution < -0.4 is 0 Å². The molecule has 0 radical (unpaired) electrons. The van der Waals surface area contributed by atoms with Crippen LogP contribution in [0, 0.1) is 11.8 Å². The molecular formula is C14H26O4. The lowest BCUT2D eigenvalue weighted by Crippen LogP contribution is -2.29. The molecule has 4 nitrogen and oxygen atoms in total. The summed E-state index contributed by atoms with van der Waals surface area (Å²) in [6.45, 7) is 8.34. The quantitative estimate of drug-likeness (QED) is 0.471. The van der Waals surface area contributed by atoms with Crippen molar-refractivity contribution in [3.8, 4) is 0 Å². The molecule has 0 spiro atoms. The minimum Gasteiger partial charge on any atom is -0.465 e. The predicted octanol–water partition coefficient (Wildman–Crippen LogP) is 2.95. The minimum atomic E-state index is -0.448. The van der Waals surface area contributed by atoms with Crippen molar-refractivity contribution in [1.82, 2.24) is 0 Å². The van der Waals surface area contributed by atoms with Gasteiger partial charge in [-0.15, -0.1) is 0 Å². The molecule has 0 aliphatic heterocycles. The Bertz CT molecular complexity index is 224. The van der Waals surface area contributed by atoms with Crippen molar-refractivity contribution < 1.29 is 19.1 Å². The maximum absolute atomic E-state index is 11.7. The molecule has 18 heavy (non-hydrogen) atoms. The van der Waals surface area contributed by atoms with Crippen molar-refractivity contribution in [1.29, 1.82) is 0 Å². The fourth-order valence-corrected chi connectivity index (χ4v) is 1.31. The molecule has 0 aromatic carbocycles. The second-order valence-electron chi connectivity index (χ2n) is 4.62. The van der Waals surface area contributed by atoms with E-state index >= 15 is 0 Å². The molecule has 0 N–H and O–H groups in total. The van der Waals surface area contributed by atoms with E-state index < -0.39 is 11.8 Å². The van der Waals surface area contributed by atoms with Gasteiger partial charge in [0.25, 0.3) is 0 Å². The third kappa shape index (κ3) is 6.62. The zero-order valence-corrected chi connectivity index (χ0v) is 12.0. The highest BCUT2D eigenvalue weighted by Crippen LogP contribution is 2.15. The van der Waals surface area contributed by atoms with E-state index in [-0.39, 0.29) is 11.9 Å². The van der Waals surface area contributed by atoms with Crippen molar-refractivity contribution >= 4 is 11.9 Å². The summed E-state index contributed by atoms with van der Waals surface area (Å²) in [4.78, 5) is 23.3. The molecule has 0 aliphatic carbocycles. The fourth-order valence-electron chi connectivity index (χ4n) is 1.31. The van der Waals surface area contributed by atoms with Gasteiger partial charge in [-0.25, -0.2) is 0 Å². The third-order valence-corrected chi connectivity index (χ3v) is 2.98. The van der Waals surface area contributed by atoms with Gasteiger partial charge in [-0.3, -0.25) is 9.59 Å². The van der Waals surface area contributed by atoms with Crippen molar-refractivity contribution in [2.24, 2.45) is 11.8 Å². The summed E-state index contributed by atoms with van der Waals surface area (Å²) in [7, 11) is 0. The molecule has 0 bridgehead atoms. The molecule has 106 valence electrons. The maximum Gasteiger partial charge on any atom is 0.309 e. The molecule has 0 aromatic rings. The average molecular weight is 258 g/mol. The monoisotopic (exact) mass is 258 g/mol. The lowest BCUT2D eigenvalue weighted by atomic mass is 9.96. The van der Waals surface area contributed by atoms with Crippen molar-refractivity contribution in [3.05, 3.63) is 0 Å². The molecule has 2 atom stereocenters. The fraction of sp³-hybridized carbons (Fsp3) is 0.857. The largest absolute Gasteiger partial charge is 0.465 e. The van der Waals surface area contributed by atoms with Crippen LogP contribution in [0.4, 0.5) is 0 Å². The predicted molar refractivity (Wildman–Crippen MR) is 70.1 cm³/mol. The number of unbranched alkanes of at least 4 members (excludes halogenated alkanes) is 2. The number of rotatable bonds is 9. The number of hydrogen-bond donors (Lipinski definition) is 0. The van der Waals surface area contributed by atoms with Gasteiger partial charge in [-0.2, -0.15) is 0 Å². The van der Waals surface area contributed by atoms with Gasteiger partial charge < -0.3 is 9.47 Å². The first-order valence-corrected chi connectivity index (χ1v) is 6.87.